The second kappa shape index (κ2) is 5.62. The van der Waals surface area contributed by atoms with Crippen molar-refractivity contribution >= 4 is 21.5 Å². The maximum absolute atomic E-state index is 10.8. The molecule has 1 aliphatic rings. The lowest BCUT2D eigenvalue weighted by Crippen LogP contribution is -2.22. The average molecular weight is 286 g/mol. The summed E-state index contributed by atoms with van der Waals surface area (Å²) in [6.45, 7) is 0.815. The van der Waals surface area contributed by atoms with Gasteiger partial charge in [0.2, 0.25) is 15.9 Å². The minimum absolute atomic E-state index is 0.155. The summed E-state index contributed by atoms with van der Waals surface area (Å²) in [6.07, 6.45) is 2.37. The first-order valence-corrected chi connectivity index (χ1v) is 7.79. The van der Waals surface area contributed by atoms with E-state index in [9.17, 15) is 8.42 Å². The number of primary sulfonamides is 1. The number of hydrogen-bond donors (Lipinski definition) is 3. The molecule has 19 heavy (non-hydrogen) atoms. The Balaban J connectivity index is 1.91. The van der Waals surface area contributed by atoms with Gasteiger partial charge in [0.05, 0.1) is 18.0 Å². The van der Waals surface area contributed by atoms with Crippen molar-refractivity contribution in [2.75, 3.05) is 30.0 Å². The predicted molar refractivity (Wildman–Crippen MR) is 73.3 cm³/mol. The highest BCUT2D eigenvalue weighted by atomic mass is 32.2. The zero-order valence-corrected chi connectivity index (χ0v) is 11.3. The third kappa shape index (κ3) is 4.92. The Morgan fingerprint density at radius 2 is 2.16 bits per heavy atom. The number of ether oxygens (including phenoxy) is 1. The number of sulfonamides is 1. The molecule has 7 nitrogen and oxygen atoms in total. The number of pyridine rings is 1. The summed E-state index contributed by atoms with van der Waals surface area (Å²) in [5.41, 5.74) is 6.23. The largest absolute Gasteiger partial charge is 0.476 e. The van der Waals surface area contributed by atoms with Crippen LogP contribution in [0.2, 0.25) is 0 Å². The molecule has 0 unspecified atom stereocenters. The molecule has 8 heteroatoms. The summed E-state index contributed by atoms with van der Waals surface area (Å²) in [6, 6.07) is 3.34. The zero-order chi connectivity index (χ0) is 13.9. The first-order valence-electron chi connectivity index (χ1n) is 6.08. The van der Waals surface area contributed by atoms with Crippen LogP contribution in [-0.4, -0.2) is 32.3 Å². The van der Waals surface area contributed by atoms with Gasteiger partial charge in [0.1, 0.15) is 5.82 Å². The van der Waals surface area contributed by atoms with Crippen molar-refractivity contribution in [2.24, 2.45) is 11.1 Å². The van der Waals surface area contributed by atoms with E-state index in [0.717, 1.165) is 0 Å². The van der Waals surface area contributed by atoms with Crippen LogP contribution in [0.3, 0.4) is 0 Å². The number of nitrogens with one attached hydrogen (secondary N) is 1. The molecule has 1 aliphatic carbocycles. The number of hydrogen-bond acceptors (Lipinski definition) is 6. The van der Waals surface area contributed by atoms with Gasteiger partial charge < -0.3 is 15.8 Å². The Morgan fingerprint density at radius 3 is 2.79 bits per heavy atom. The van der Waals surface area contributed by atoms with E-state index in [1.54, 1.807) is 12.1 Å². The van der Waals surface area contributed by atoms with Crippen molar-refractivity contribution in [3.8, 4) is 5.88 Å². The van der Waals surface area contributed by atoms with E-state index in [4.69, 9.17) is 15.6 Å². The van der Waals surface area contributed by atoms with Crippen molar-refractivity contribution in [1.82, 2.24) is 4.98 Å². The molecule has 1 aromatic heterocycles. The van der Waals surface area contributed by atoms with Gasteiger partial charge in [-0.05, 0) is 30.9 Å². The Morgan fingerprint density at radius 1 is 1.42 bits per heavy atom. The maximum Gasteiger partial charge on any atom is 0.239 e. The third-order valence-electron chi connectivity index (χ3n) is 2.74. The van der Waals surface area contributed by atoms with Crippen molar-refractivity contribution in [3.05, 3.63) is 12.1 Å². The van der Waals surface area contributed by atoms with Crippen LogP contribution in [0, 0.1) is 5.92 Å². The van der Waals surface area contributed by atoms with Gasteiger partial charge in [-0.15, -0.1) is 0 Å². The van der Waals surface area contributed by atoms with Crippen LogP contribution in [0.4, 0.5) is 11.5 Å². The van der Waals surface area contributed by atoms with Crippen LogP contribution < -0.4 is 20.9 Å². The molecule has 1 fully saturated rings. The molecule has 0 amide bonds. The molecule has 2 rings (SSSR count). The summed E-state index contributed by atoms with van der Waals surface area (Å²) in [7, 11) is -3.47. The Kier molecular flexibility index (Phi) is 4.11. The molecule has 0 spiro atoms. The molecule has 0 saturated heterocycles. The lowest BCUT2D eigenvalue weighted by Gasteiger charge is -2.10. The quantitative estimate of drug-likeness (QED) is 0.656. The highest BCUT2D eigenvalue weighted by Gasteiger charge is 2.22. The van der Waals surface area contributed by atoms with E-state index < -0.39 is 10.0 Å². The van der Waals surface area contributed by atoms with Gasteiger partial charge in [-0.1, -0.05) is 0 Å². The smallest absolute Gasteiger partial charge is 0.239 e. The number of nitrogens with zero attached hydrogens (tertiary/aromatic N) is 1. The number of anilines is 2. The molecule has 1 saturated carbocycles. The molecular formula is C11H18N4O3S. The number of rotatable bonds is 7. The molecule has 1 aromatic rings. The summed E-state index contributed by atoms with van der Waals surface area (Å²) >= 11 is 0. The van der Waals surface area contributed by atoms with E-state index in [1.165, 1.54) is 12.8 Å². The van der Waals surface area contributed by atoms with Crippen LogP contribution in [0.5, 0.6) is 5.88 Å². The Bertz CT molecular complexity index is 543. The minimum atomic E-state index is -3.47. The predicted octanol–water partition coefficient (Wildman–Crippen LogP) is 0.153. The van der Waals surface area contributed by atoms with Crippen molar-refractivity contribution in [1.29, 1.82) is 0 Å². The highest BCUT2D eigenvalue weighted by molar-refractivity contribution is 7.89. The average Bonchev–Trinajstić information content (AvgIpc) is 3.12. The third-order valence-corrected chi connectivity index (χ3v) is 3.51. The minimum Gasteiger partial charge on any atom is -0.476 e. The van der Waals surface area contributed by atoms with E-state index in [1.807, 2.05) is 0 Å². The van der Waals surface area contributed by atoms with Crippen LogP contribution >= 0.6 is 0 Å². The molecule has 0 radical (unpaired) electrons. The van der Waals surface area contributed by atoms with Crippen molar-refractivity contribution in [3.63, 3.8) is 0 Å². The first kappa shape index (κ1) is 13.9. The summed E-state index contributed by atoms with van der Waals surface area (Å²) in [5.74, 6) is 1.36. The molecule has 1 heterocycles. The Hall–Kier alpha value is -1.54. The fraction of sp³-hybridized carbons (Fsp3) is 0.545. The molecular weight excluding hydrogens is 268 g/mol. The maximum atomic E-state index is 10.8. The summed E-state index contributed by atoms with van der Waals surface area (Å²) in [5, 5.41) is 7.77. The fourth-order valence-electron chi connectivity index (χ4n) is 1.47. The van der Waals surface area contributed by atoms with Gasteiger partial charge in [-0.3, -0.25) is 0 Å². The Labute approximate surface area is 112 Å². The molecule has 0 atom stereocenters. The SMILES string of the molecule is Nc1ccc(NCCS(N)(=O)=O)nc1OCC1CC1. The normalized spacial score (nSPS) is 15.2. The first-order chi connectivity index (χ1) is 8.94. The van der Waals surface area contributed by atoms with E-state index >= 15 is 0 Å². The topological polar surface area (TPSA) is 120 Å². The van der Waals surface area contributed by atoms with Gasteiger partial charge in [0.25, 0.3) is 0 Å². The van der Waals surface area contributed by atoms with E-state index in [2.05, 4.69) is 10.3 Å². The van der Waals surface area contributed by atoms with Gasteiger partial charge in [0.15, 0.2) is 0 Å². The molecule has 0 aliphatic heterocycles. The van der Waals surface area contributed by atoms with Crippen LogP contribution in [-0.2, 0) is 10.0 Å². The lowest BCUT2D eigenvalue weighted by molar-refractivity contribution is 0.290. The van der Waals surface area contributed by atoms with E-state index in [-0.39, 0.29) is 12.3 Å². The lowest BCUT2D eigenvalue weighted by atomic mass is 10.4. The van der Waals surface area contributed by atoms with Crippen LogP contribution in [0.1, 0.15) is 12.8 Å². The highest BCUT2D eigenvalue weighted by Crippen LogP contribution is 2.30. The number of nitrogen functional groups attached to an aromatic ring is 1. The van der Waals surface area contributed by atoms with Gasteiger partial charge in [-0.2, -0.15) is 4.98 Å². The zero-order valence-electron chi connectivity index (χ0n) is 10.5. The van der Waals surface area contributed by atoms with Gasteiger partial charge in [0, 0.05) is 6.54 Å². The standard InChI is InChI=1S/C11H18N4O3S/c12-9-3-4-10(14-5-6-19(13,16)17)15-11(9)18-7-8-1-2-8/h3-4,8H,1-2,5-7,12H2,(H,14,15)(H2,13,16,17). The molecule has 0 bridgehead atoms. The van der Waals surface area contributed by atoms with Gasteiger partial charge in [-0.25, -0.2) is 13.6 Å². The van der Waals surface area contributed by atoms with Crippen LogP contribution in [0.25, 0.3) is 0 Å². The van der Waals surface area contributed by atoms with Crippen molar-refractivity contribution in [2.45, 2.75) is 12.8 Å². The number of nitrogens with two attached hydrogens (primary N) is 2. The monoisotopic (exact) mass is 286 g/mol. The second-order valence-corrected chi connectivity index (χ2v) is 6.37. The molecule has 0 aromatic carbocycles. The van der Waals surface area contributed by atoms with E-state index in [0.29, 0.717) is 29.9 Å². The summed E-state index contributed by atoms with van der Waals surface area (Å²) < 4.78 is 27.1. The van der Waals surface area contributed by atoms with Crippen LogP contribution in [0.15, 0.2) is 12.1 Å². The number of aromatic nitrogens is 1. The van der Waals surface area contributed by atoms with Gasteiger partial charge >= 0.3 is 0 Å². The van der Waals surface area contributed by atoms with Crippen molar-refractivity contribution < 1.29 is 13.2 Å². The molecule has 5 N–H and O–H groups in total. The molecule has 106 valence electrons. The summed E-state index contributed by atoms with van der Waals surface area (Å²) in [4.78, 5) is 4.20. The second-order valence-electron chi connectivity index (χ2n) is 4.64. The fourth-order valence-corrected chi connectivity index (χ4v) is 1.85.